The van der Waals surface area contributed by atoms with Crippen molar-refractivity contribution in [3.05, 3.63) is 24.2 Å². The number of carbonyl (C=O) groups excluding carboxylic acids is 1. The molecule has 0 amide bonds. The van der Waals surface area contributed by atoms with Crippen molar-refractivity contribution in [1.82, 2.24) is 19.9 Å². The van der Waals surface area contributed by atoms with E-state index in [1.165, 1.54) is 0 Å². The number of nitrogen functional groups attached to an aromatic ring is 1. The van der Waals surface area contributed by atoms with Crippen molar-refractivity contribution in [2.24, 2.45) is 17.8 Å². The van der Waals surface area contributed by atoms with Gasteiger partial charge in [-0.15, -0.1) is 0 Å². The lowest BCUT2D eigenvalue weighted by molar-refractivity contribution is -0.133. The van der Waals surface area contributed by atoms with E-state index in [0.717, 1.165) is 12.8 Å². The van der Waals surface area contributed by atoms with E-state index in [2.05, 4.69) is 26.0 Å². The van der Waals surface area contributed by atoms with Crippen LogP contribution in [0.15, 0.2) is 18.3 Å². The van der Waals surface area contributed by atoms with Crippen LogP contribution in [0.2, 0.25) is 0 Å². The Morgan fingerprint density at radius 2 is 1.97 bits per heavy atom. The molecule has 10 nitrogen and oxygen atoms in total. The Morgan fingerprint density at radius 3 is 2.64 bits per heavy atom. The number of halogens is 3. The Balaban J connectivity index is 1.40. The number of hydrogen-bond donors (Lipinski definition) is 1. The number of ketones is 1. The first-order valence-electron chi connectivity index (χ1n) is 11.7. The van der Waals surface area contributed by atoms with Crippen LogP contribution < -0.4 is 20.1 Å². The van der Waals surface area contributed by atoms with Gasteiger partial charge < -0.3 is 20.1 Å². The minimum atomic E-state index is -4.46. The number of ether oxygens (including phenoxy) is 2. The van der Waals surface area contributed by atoms with Crippen LogP contribution in [0.25, 0.3) is 0 Å². The number of aromatic nitrogens is 4. The largest absolute Gasteiger partial charge is 0.489 e. The molecule has 0 spiro atoms. The molecule has 3 heterocycles. The number of piperidine rings is 1. The van der Waals surface area contributed by atoms with Crippen LogP contribution in [0.3, 0.4) is 0 Å². The van der Waals surface area contributed by atoms with Gasteiger partial charge in [0.05, 0.1) is 31.6 Å². The molecular formula is C23H26F3N7O3. The molecule has 0 radical (unpaired) electrons. The standard InChI is InChI=1S/C23H26F3N7O3/c24-23(25,26)6-3-17(34)20-30-21(32-22(31-20)36-13-16-10-15(16)11-27)33-8-4-14(5-9-33)12-35-18-2-1-7-29-19(18)28/h1-2,7,14-16H,3-6,8-10,12-13H2,(H2,28,29)/t15-,16+/m0/s1. The summed E-state index contributed by atoms with van der Waals surface area (Å²) in [4.78, 5) is 30.7. The minimum Gasteiger partial charge on any atom is -0.489 e. The van der Waals surface area contributed by atoms with Crippen molar-refractivity contribution >= 4 is 17.5 Å². The fourth-order valence-electron chi connectivity index (χ4n) is 3.85. The summed E-state index contributed by atoms with van der Waals surface area (Å²) < 4.78 is 49.2. The Hall–Kier alpha value is -3.69. The number of carbonyl (C=O) groups is 1. The van der Waals surface area contributed by atoms with Gasteiger partial charge in [-0.3, -0.25) is 4.79 Å². The summed E-state index contributed by atoms with van der Waals surface area (Å²) in [5.74, 6) is 0.0247. The maximum Gasteiger partial charge on any atom is 0.389 e. The van der Waals surface area contributed by atoms with Crippen molar-refractivity contribution in [2.45, 2.75) is 38.3 Å². The highest BCUT2D eigenvalue weighted by atomic mass is 19.4. The summed E-state index contributed by atoms with van der Waals surface area (Å²) in [7, 11) is 0. The topological polar surface area (TPSA) is 140 Å². The molecule has 2 atom stereocenters. The number of Topliss-reactive ketones (excluding diaryl/α,β-unsaturated/α-hetero) is 1. The number of rotatable bonds is 10. The first kappa shape index (κ1) is 25.4. The van der Waals surface area contributed by atoms with Gasteiger partial charge >= 0.3 is 12.2 Å². The number of nitrogens with zero attached hydrogens (tertiary/aromatic N) is 6. The molecule has 2 aromatic rings. The van der Waals surface area contributed by atoms with Gasteiger partial charge in [-0.1, -0.05) is 0 Å². The maximum atomic E-state index is 12.6. The van der Waals surface area contributed by atoms with Gasteiger partial charge in [0, 0.05) is 31.6 Å². The SMILES string of the molecule is N#C[C@@H]1C[C@@H]1COc1nc(C(=O)CCC(F)(F)F)nc(N2CCC(COc3cccnc3N)CC2)n1. The molecule has 0 unspecified atom stereocenters. The lowest BCUT2D eigenvalue weighted by atomic mass is 9.98. The molecule has 2 aliphatic rings. The minimum absolute atomic E-state index is 0.0455. The van der Waals surface area contributed by atoms with E-state index in [-0.39, 0.29) is 42.1 Å². The molecule has 1 saturated carbocycles. The fourth-order valence-corrected chi connectivity index (χ4v) is 3.85. The molecule has 1 aliphatic heterocycles. The average Bonchev–Trinajstić information content (AvgIpc) is 3.64. The lowest BCUT2D eigenvalue weighted by Crippen LogP contribution is -2.37. The van der Waals surface area contributed by atoms with Crippen LogP contribution in [0.5, 0.6) is 11.8 Å². The van der Waals surface area contributed by atoms with Gasteiger partial charge in [0.15, 0.2) is 11.6 Å². The number of hydrogen-bond acceptors (Lipinski definition) is 10. The van der Waals surface area contributed by atoms with Gasteiger partial charge in [-0.2, -0.15) is 33.4 Å². The molecule has 1 aliphatic carbocycles. The second-order valence-corrected chi connectivity index (χ2v) is 8.95. The molecule has 13 heteroatoms. The molecule has 2 fully saturated rings. The lowest BCUT2D eigenvalue weighted by Gasteiger charge is -2.32. The van der Waals surface area contributed by atoms with E-state index >= 15 is 0 Å². The zero-order chi connectivity index (χ0) is 25.7. The van der Waals surface area contributed by atoms with Crippen LogP contribution >= 0.6 is 0 Å². The highest BCUT2D eigenvalue weighted by Gasteiger charge is 2.38. The van der Waals surface area contributed by atoms with Crippen LogP contribution in [0.4, 0.5) is 24.9 Å². The van der Waals surface area contributed by atoms with Crippen LogP contribution in [-0.4, -0.2) is 58.2 Å². The average molecular weight is 506 g/mol. The molecule has 4 rings (SSSR count). The van der Waals surface area contributed by atoms with E-state index in [0.29, 0.717) is 37.7 Å². The molecule has 0 bridgehead atoms. The molecule has 192 valence electrons. The van der Waals surface area contributed by atoms with Crippen molar-refractivity contribution in [3.63, 3.8) is 0 Å². The third-order valence-electron chi connectivity index (χ3n) is 6.17. The molecule has 1 saturated heterocycles. The summed E-state index contributed by atoms with van der Waals surface area (Å²) in [5.41, 5.74) is 5.81. The van der Waals surface area contributed by atoms with E-state index in [1.54, 1.807) is 18.3 Å². The summed E-state index contributed by atoms with van der Waals surface area (Å²) in [5, 5.41) is 8.96. The van der Waals surface area contributed by atoms with E-state index in [9.17, 15) is 18.0 Å². The van der Waals surface area contributed by atoms with E-state index < -0.39 is 24.8 Å². The molecule has 0 aromatic carbocycles. The Labute approximate surface area is 205 Å². The first-order valence-corrected chi connectivity index (χ1v) is 11.7. The number of pyridine rings is 1. The summed E-state index contributed by atoms with van der Waals surface area (Å²) in [6, 6.07) is 5.52. The Bertz CT molecular complexity index is 1120. The predicted molar refractivity (Wildman–Crippen MR) is 121 cm³/mol. The zero-order valence-electron chi connectivity index (χ0n) is 19.4. The molecule has 2 N–H and O–H groups in total. The highest BCUT2D eigenvalue weighted by molar-refractivity contribution is 5.92. The van der Waals surface area contributed by atoms with Gasteiger partial charge in [0.25, 0.3) is 0 Å². The number of nitrogens with two attached hydrogens (primary N) is 1. The summed E-state index contributed by atoms with van der Waals surface area (Å²) in [6.07, 6.45) is -2.72. The number of alkyl halides is 3. The Morgan fingerprint density at radius 1 is 1.19 bits per heavy atom. The molecule has 36 heavy (non-hydrogen) atoms. The van der Waals surface area contributed by atoms with E-state index in [4.69, 9.17) is 20.5 Å². The summed E-state index contributed by atoms with van der Waals surface area (Å²) >= 11 is 0. The maximum absolute atomic E-state index is 12.6. The smallest absolute Gasteiger partial charge is 0.389 e. The third kappa shape index (κ3) is 6.93. The number of nitriles is 1. The second-order valence-electron chi connectivity index (χ2n) is 8.95. The third-order valence-corrected chi connectivity index (χ3v) is 6.17. The zero-order valence-corrected chi connectivity index (χ0v) is 19.4. The van der Waals surface area contributed by atoms with Crippen molar-refractivity contribution in [1.29, 1.82) is 5.26 Å². The normalized spacial score (nSPS) is 20.0. The van der Waals surface area contributed by atoms with Crippen LogP contribution in [-0.2, 0) is 0 Å². The Kier molecular flexibility index (Phi) is 7.71. The molecule has 2 aromatic heterocycles. The number of anilines is 2. The quantitative estimate of drug-likeness (QED) is 0.479. The van der Waals surface area contributed by atoms with Crippen molar-refractivity contribution in [2.75, 3.05) is 36.9 Å². The van der Waals surface area contributed by atoms with Crippen molar-refractivity contribution in [3.8, 4) is 17.8 Å². The van der Waals surface area contributed by atoms with Gasteiger partial charge in [-0.05, 0) is 37.3 Å². The van der Waals surface area contributed by atoms with Crippen LogP contribution in [0, 0.1) is 29.1 Å². The summed E-state index contributed by atoms with van der Waals surface area (Å²) in [6.45, 7) is 1.75. The van der Waals surface area contributed by atoms with Crippen molar-refractivity contribution < 1.29 is 27.4 Å². The van der Waals surface area contributed by atoms with Gasteiger partial charge in [-0.25, -0.2) is 4.98 Å². The fraction of sp³-hybridized carbons (Fsp3) is 0.565. The second kappa shape index (κ2) is 10.9. The van der Waals surface area contributed by atoms with Crippen LogP contribution in [0.1, 0.15) is 42.7 Å². The predicted octanol–water partition coefficient (Wildman–Crippen LogP) is 3.21. The first-order chi connectivity index (χ1) is 17.2. The monoisotopic (exact) mass is 505 g/mol. The van der Waals surface area contributed by atoms with E-state index in [1.807, 2.05) is 4.90 Å². The van der Waals surface area contributed by atoms with Gasteiger partial charge in [0.2, 0.25) is 17.6 Å². The molecular weight excluding hydrogens is 479 g/mol. The van der Waals surface area contributed by atoms with Gasteiger partial charge in [0.1, 0.15) is 0 Å². The highest BCUT2D eigenvalue weighted by Crippen LogP contribution is 2.37.